The molecule has 7 nitrogen and oxygen atoms in total. The molecule has 3 amide bonds. The molecule has 1 saturated heterocycles. The van der Waals surface area contributed by atoms with Crippen LogP contribution in [0.1, 0.15) is 29.2 Å². The van der Waals surface area contributed by atoms with Crippen molar-refractivity contribution in [3.63, 3.8) is 0 Å². The summed E-state index contributed by atoms with van der Waals surface area (Å²) < 4.78 is 26.0. The molecule has 0 spiro atoms. The number of anilines is 1. The second-order valence-corrected chi connectivity index (χ2v) is 11.0. The summed E-state index contributed by atoms with van der Waals surface area (Å²) in [4.78, 5) is 39.3. The summed E-state index contributed by atoms with van der Waals surface area (Å²) in [5.74, 6) is -0.397. The molecule has 3 aromatic rings. The van der Waals surface area contributed by atoms with E-state index in [1.807, 2.05) is 32.9 Å². The Bertz CT molecular complexity index is 1480. The van der Waals surface area contributed by atoms with Crippen LogP contribution in [0.3, 0.4) is 0 Å². The minimum absolute atomic E-state index is 0.149. The molecular formula is C29H26FIN2O5S. The zero-order chi connectivity index (χ0) is 28.1. The van der Waals surface area contributed by atoms with Crippen LogP contribution < -0.4 is 14.8 Å². The van der Waals surface area contributed by atoms with E-state index in [1.165, 1.54) is 12.1 Å². The molecule has 1 aliphatic heterocycles. The van der Waals surface area contributed by atoms with Crippen LogP contribution in [-0.4, -0.2) is 35.1 Å². The van der Waals surface area contributed by atoms with Gasteiger partial charge >= 0.3 is 0 Å². The van der Waals surface area contributed by atoms with E-state index >= 15 is 0 Å². The Morgan fingerprint density at radius 2 is 1.87 bits per heavy atom. The van der Waals surface area contributed by atoms with Gasteiger partial charge in [-0.3, -0.25) is 19.3 Å². The Balaban J connectivity index is 1.48. The lowest BCUT2D eigenvalue weighted by Crippen LogP contribution is -2.36. The minimum atomic E-state index is -0.542. The second-order valence-electron chi connectivity index (χ2n) is 8.80. The van der Waals surface area contributed by atoms with Crippen LogP contribution in [-0.2, 0) is 16.2 Å². The molecule has 1 heterocycles. The quantitative estimate of drug-likeness (QED) is 0.203. The van der Waals surface area contributed by atoms with E-state index in [4.69, 9.17) is 9.47 Å². The highest BCUT2D eigenvalue weighted by atomic mass is 127. The van der Waals surface area contributed by atoms with Crippen LogP contribution in [0.15, 0.2) is 59.5 Å². The first kappa shape index (κ1) is 28.6. The van der Waals surface area contributed by atoms with E-state index in [0.29, 0.717) is 38.5 Å². The molecule has 0 unspecified atom stereocenters. The van der Waals surface area contributed by atoms with Gasteiger partial charge in [0.2, 0.25) is 5.91 Å². The zero-order valence-electron chi connectivity index (χ0n) is 21.5. The third kappa shape index (κ3) is 7.18. The van der Waals surface area contributed by atoms with Crippen molar-refractivity contribution in [2.45, 2.75) is 27.4 Å². The molecule has 10 heteroatoms. The Hall–Kier alpha value is -3.38. The number of ether oxygens (including phenoxy) is 2. The van der Waals surface area contributed by atoms with Gasteiger partial charge in [0, 0.05) is 5.69 Å². The number of nitrogens with one attached hydrogen (secondary N) is 1. The van der Waals surface area contributed by atoms with Gasteiger partial charge in [0.05, 0.1) is 15.1 Å². The van der Waals surface area contributed by atoms with Crippen molar-refractivity contribution in [1.82, 2.24) is 4.90 Å². The fourth-order valence-electron chi connectivity index (χ4n) is 3.81. The number of hydrogen-bond donors (Lipinski definition) is 1. The lowest BCUT2D eigenvalue weighted by molar-refractivity contribution is -0.127. The van der Waals surface area contributed by atoms with E-state index in [1.54, 1.807) is 36.4 Å². The summed E-state index contributed by atoms with van der Waals surface area (Å²) in [5, 5.41) is 2.22. The van der Waals surface area contributed by atoms with Crippen LogP contribution >= 0.6 is 34.4 Å². The van der Waals surface area contributed by atoms with Crippen molar-refractivity contribution in [2.24, 2.45) is 0 Å². The number of benzene rings is 3. The molecule has 0 bridgehead atoms. The highest BCUT2D eigenvalue weighted by molar-refractivity contribution is 14.1. The molecule has 1 aliphatic rings. The van der Waals surface area contributed by atoms with Crippen molar-refractivity contribution in [3.8, 4) is 11.5 Å². The van der Waals surface area contributed by atoms with Crippen LogP contribution in [0.4, 0.5) is 14.9 Å². The average molecular weight is 661 g/mol. The van der Waals surface area contributed by atoms with Gasteiger partial charge in [-0.15, -0.1) is 0 Å². The standard InChI is InChI=1S/C29H26FIN2O5S/c1-4-37-24-13-20(12-23(31)27(24)38-16-19-6-5-7-21(30)11-19)14-25-28(35)33(29(36)39-25)15-26(34)32-22-9-8-17(2)18(3)10-22/h5-14H,4,15-16H2,1-3H3,(H,32,34)/b25-14+. The first-order valence-electron chi connectivity index (χ1n) is 12.1. The number of halogens is 2. The molecule has 0 radical (unpaired) electrons. The molecule has 0 aromatic heterocycles. The first-order valence-corrected chi connectivity index (χ1v) is 14.0. The largest absolute Gasteiger partial charge is 0.490 e. The van der Waals surface area contributed by atoms with E-state index in [9.17, 15) is 18.8 Å². The van der Waals surface area contributed by atoms with Crippen LogP contribution in [0, 0.1) is 23.2 Å². The summed E-state index contributed by atoms with van der Waals surface area (Å²) in [6, 6.07) is 15.2. The fourth-order valence-corrected chi connectivity index (χ4v) is 5.43. The van der Waals surface area contributed by atoms with Gasteiger partial charge in [0.25, 0.3) is 11.1 Å². The summed E-state index contributed by atoms with van der Waals surface area (Å²) in [6.45, 7) is 5.89. The molecule has 0 saturated carbocycles. The predicted octanol–water partition coefficient (Wildman–Crippen LogP) is 6.70. The zero-order valence-corrected chi connectivity index (χ0v) is 24.5. The molecule has 1 N–H and O–H groups in total. The summed E-state index contributed by atoms with van der Waals surface area (Å²) >= 11 is 2.88. The van der Waals surface area contributed by atoms with Gasteiger partial charge in [0.15, 0.2) is 11.5 Å². The number of nitrogens with zero attached hydrogens (tertiary/aromatic N) is 1. The predicted molar refractivity (Wildman–Crippen MR) is 158 cm³/mol. The van der Waals surface area contributed by atoms with E-state index in [-0.39, 0.29) is 23.9 Å². The van der Waals surface area contributed by atoms with Crippen molar-refractivity contribution in [3.05, 3.63) is 91.1 Å². The third-order valence-corrected chi connectivity index (χ3v) is 7.58. The molecule has 202 valence electrons. The molecule has 1 fully saturated rings. The number of rotatable bonds is 9. The highest BCUT2D eigenvalue weighted by Gasteiger charge is 2.36. The van der Waals surface area contributed by atoms with Crippen LogP contribution in [0.25, 0.3) is 6.08 Å². The van der Waals surface area contributed by atoms with E-state index < -0.39 is 17.1 Å². The van der Waals surface area contributed by atoms with Crippen molar-refractivity contribution >= 4 is 63.2 Å². The third-order valence-electron chi connectivity index (χ3n) is 5.87. The van der Waals surface area contributed by atoms with Crippen molar-refractivity contribution in [2.75, 3.05) is 18.5 Å². The number of carbonyl (C=O) groups excluding carboxylic acids is 3. The maximum Gasteiger partial charge on any atom is 0.294 e. The molecular weight excluding hydrogens is 634 g/mol. The average Bonchev–Trinajstić information content (AvgIpc) is 3.13. The second kappa shape index (κ2) is 12.6. The number of imide groups is 1. The Morgan fingerprint density at radius 1 is 1.08 bits per heavy atom. The van der Waals surface area contributed by atoms with Gasteiger partial charge in [-0.2, -0.15) is 0 Å². The number of carbonyl (C=O) groups is 3. The fraction of sp³-hybridized carbons (Fsp3) is 0.207. The monoisotopic (exact) mass is 660 g/mol. The van der Waals surface area contributed by atoms with Gasteiger partial charge in [0.1, 0.15) is 19.0 Å². The number of thioether (sulfide) groups is 1. The Morgan fingerprint density at radius 3 is 2.59 bits per heavy atom. The van der Waals surface area contributed by atoms with Gasteiger partial charge in [-0.25, -0.2) is 4.39 Å². The molecule has 39 heavy (non-hydrogen) atoms. The van der Waals surface area contributed by atoms with Crippen molar-refractivity contribution in [1.29, 1.82) is 0 Å². The lowest BCUT2D eigenvalue weighted by atomic mass is 10.1. The summed E-state index contributed by atoms with van der Waals surface area (Å²) in [5.41, 5.74) is 4.02. The normalized spacial score (nSPS) is 14.2. The molecule has 0 atom stereocenters. The minimum Gasteiger partial charge on any atom is -0.490 e. The molecule has 0 aliphatic carbocycles. The highest BCUT2D eigenvalue weighted by Crippen LogP contribution is 2.38. The first-order chi connectivity index (χ1) is 18.6. The number of hydrogen-bond acceptors (Lipinski definition) is 6. The Labute approximate surface area is 243 Å². The van der Waals surface area contributed by atoms with Crippen LogP contribution in [0.2, 0.25) is 0 Å². The summed E-state index contributed by atoms with van der Waals surface area (Å²) in [7, 11) is 0. The maximum absolute atomic E-state index is 13.5. The molecule has 4 rings (SSSR count). The van der Waals surface area contributed by atoms with Crippen LogP contribution in [0.5, 0.6) is 11.5 Å². The van der Waals surface area contributed by atoms with Crippen molar-refractivity contribution < 1.29 is 28.2 Å². The lowest BCUT2D eigenvalue weighted by Gasteiger charge is -2.15. The topological polar surface area (TPSA) is 84.9 Å². The van der Waals surface area contributed by atoms with Gasteiger partial charge < -0.3 is 14.8 Å². The van der Waals surface area contributed by atoms with Gasteiger partial charge in [-0.05, 0) is 120 Å². The number of aryl methyl sites for hydroxylation is 2. The smallest absolute Gasteiger partial charge is 0.294 e. The summed E-state index contributed by atoms with van der Waals surface area (Å²) in [6.07, 6.45) is 1.59. The molecule has 3 aromatic carbocycles. The number of amides is 3. The maximum atomic E-state index is 13.5. The SMILES string of the molecule is CCOc1cc(/C=C2/SC(=O)N(CC(=O)Nc3ccc(C)c(C)c3)C2=O)cc(I)c1OCc1cccc(F)c1. The Kier molecular flexibility index (Phi) is 9.28. The van der Waals surface area contributed by atoms with Gasteiger partial charge in [-0.1, -0.05) is 18.2 Å². The van der Waals surface area contributed by atoms with E-state index in [2.05, 4.69) is 27.9 Å². The van der Waals surface area contributed by atoms with E-state index in [0.717, 1.165) is 27.8 Å².